The Morgan fingerprint density at radius 3 is 2.71 bits per heavy atom. The highest BCUT2D eigenvalue weighted by molar-refractivity contribution is 5.80. The number of benzene rings is 1. The van der Waals surface area contributed by atoms with Crippen LogP contribution in [0.2, 0.25) is 0 Å². The van der Waals surface area contributed by atoms with Gasteiger partial charge in [0, 0.05) is 13.1 Å². The molecule has 0 aliphatic carbocycles. The second-order valence-corrected chi connectivity index (χ2v) is 5.23. The van der Waals surface area contributed by atoms with Crippen molar-refractivity contribution in [2.24, 2.45) is 5.92 Å². The Bertz CT molecular complexity index is 501. The lowest BCUT2D eigenvalue weighted by Crippen LogP contribution is -2.43. The molecule has 0 saturated carbocycles. The molecular formula is C16H20FNO3. The predicted molar refractivity (Wildman–Crippen MR) is 76.0 cm³/mol. The van der Waals surface area contributed by atoms with E-state index in [0.717, 1.165) is 18.4 Å². The average Bonchev–Trinajstić information content (AvgIpc) is 2.50. The maximum atomic E-state index is 12.8. The molecule has 1 aromatic rings. The van der Waals surface area contributed by atoms with Gasteiger partial charge in [0.15, 0.2) is 0 Å². The largest absolute Gasteiger partial charge is 0.466 e. The average molecular weight is 293 g/mol. The third kappa shape index (κ3) is 4.28. The first-order chi connectivity index (χ1) is 10.1. The van der Waals surface area contributed by atoms with Crippen molar-refractivity contribution < 1.29 is 18.7 Å². The molecule has 1 fully saturated rings. The lowest BCUT2D eigenvalue weighted by molar-refractivity contribution is -0.151. The molecule has 1 amide bonds. The molecule has 0 bridgehead atoms. The smallest absolute Gasteiger partial charge is 0.310 e. The summed E-state index contributed by atoms with van der Waals surface area (Å²) in [6, 6.07) is 5.92. The molecule has 0 N–H and O–H groups in total. The van der Waals surface area contributed by atoms with E-state index in [-0.39, 0.29) is 30.0 Å². The summed E-state index contributed by atoms with van der Waals surface area (Å²) >= 11 is 0. The van der Waals surface area contributed by atoms with Crippen LogP contribution in [-0.2, 0) is 20.7 Å². The van der Waals surface area contributed by atoms with E-state index in [2.05, 4.69) is 0 Å². The molecule has 0 aromatic heterocycles. The van der Waals surface area contributed by atoms with E-state index in [0.29, 0.717) is 19.7 Å². The van der Waals surface area contributed by atoms with Gasteiger partial charge in [-0.15, -0.1) is 0 Å². The summed E-state index contributed by atoms with van der Waals surface area (Å²) in [7, 11) is 0. The van der Waals surface area contributed by atoms with Gasteiger partial charge in [-0.3, -0.25) is 9.59 Å². The Balaban J connectivity index is 1.92. The molecule has 0 radical (unpaired) electrons. The number of piperidine rings is 1. The van der Waals surface area contributed by atoms with Crippen molar-refractivity contribution in [1.82, 2.24) is 4.90 Å². The number of rotatable bonds is 4. The van der Waals surface area contributed by atoms with Gasteiger partial charge in [-0.1, -0.05) is 12.1 Å². The number of amides is 1. The summed E-state index contributed by atoms with van der Waals surface area (Å²) < 4.78 is 17.9. The molecule has 1 aromatic carbocycles. The summed E-state index contributed by atoms with van der Waals surface area (Å²) in [5, 5.41) is 0. The van der Waals surface area contributed by atoms with Crippen LogP contribution in [0, 0.1) is 11.7 Å². The first-order valence-corrected chi connectivity index (χ1v) is 7.29. The first-order valence-electron chi connectivity index (χ1n) is 7.29. The Hall–Kier alpha value is -1.91. The van der Waals surface area contributed by atoms with E-state index in [1.807, 2.05) is 0 Å². The summed E-state index contributed by atoms with van der Waals surface area (Å²) in [6.07, 6.45) is 1.80. The van der Waals surface area contributed by atoms with Crippen LogP contribution in [0.5, 0.6) is 0 Å². The van der Waals surface area contributed by atoms with Crippen molar-refractivity contribution in [2.75, 3.05) is 19.7 Å². The number of halogens is 1. The maximum absolute atomic E-state index is 12.8. The number of hydrogen-bond acceptors (Lipinski definition) is 3. The quantitative estimate of drug-likeness (QED) is 0.799. The molecular weight excluding hydrogens is 273 g/mol. The highest BCUT2D eigenvalue weighted by atomic mass is 19.1. The number of carbonyl (C=O) groups is 2. The zero-order chi connectivity index (χ0) is 15.2. The summed E-state index contributed by atoms with van der Waals surface area (Å²) in [5.41, 5.74) is 0.777. The monoisotopic (exact) mass is 293 g/mol. The normalized spacial score (nSPS) is 18.4. The fraction of sp³-hybridized carbons (Fsp3) is 0.500. The van der Waals surface area contributed by atoms with Crippen LogP contribution in [0.4, 0.5) is 4.39 Å². The predicted octanol–water partition coefficient (Wildman–Crippen LogP) is 2.17. The third-order valence-electron chi connectivity index (χ3n) is 3.66. The summed E-state index contributed by atoms with van der Waals surface area (Å²) in [5.74, 6) is -0.796. The van der Waals surface area contributed by atoms with Gasteiger partial charge in [0.05, 0.1) is 18.9 Å². The Morgan fingerprint density at radius 2 is 2.05 bits per heavy atom. The summed E-state index contributed by atoms with van der Waals surface area (Å²) in [6.45, 7) is 3.21. The second kappa shape index (κ2) is 7.20. The van der Waals surface area contributed by atoms with Crippen LogP contribution >= 0.6 is 0 Å². The zero-order valence-corrected chi connectivity index (χ0v) is 12.2. The van der Waals surface area contributed by atoms with E-state index in [4.69, 9.17) is 4.74 Å². The molecule has 1 aliphatic rings. The fourth-order valence-electron chi connectivity index (χ4n) is 2.54. The molecule has 1 atom stereocenters. The van der Waals surface area contributed by atoms with E-state index in [9.17, 15) is 14.0 Å². The number of likely N-dealkylation sites (tertiary alicyclic amines) is 1. The van der Waals surface area contributed by atoms with Crippen LogP contribution in [0.15, 0.2) is 24.3 Å². The molecule has 1 aliphatic heterocycles. The zero-order valence-electron chi connectivity index (χ0n) is 12.2. The standard InChI is InChI=1S/C16H20FNO3/c1-2-21-16(20)13-4-3-9-18(11-13)15(19)10-12-5-7-14(17)8-6-12/h5-8,13H,2-4,9-11H2,1H3/t13-/m0/s1. The van der Waals surface area contributed by atoms with E-state index < -0.39 is 0 Å². The molecule has 114 valence electrons. The summed E-state index contributed by atoms with van der Waals surface area (Å²) in [4.78, 5) is 25.7. The molecule has 1 heterocycles. The van der Waals surface area contributed by atoms with Gasteiger partial charge in [0.1, 0.15) is 5.82 Å². The van der Waals surface area contributed by atoms with E-state index in [1.54, 1.807) is 24.0 Å². The van der Waals surface area contributed by atoms with E-state index >= 15 is 0 Å². The van der Waals surface area contributed by atoms with Crippen LogP contribution < -0.4 is 0 Å². The highest BCUT2D eigenvalue weighted by Gasteiger charge is 2.29. The molecule has 0 unspecified atom stereocenters. The molecule has 0 spiro atoms. The van der Waals surface area contributed by atoms with Gasteiger partial charge in [-0.25, -0.2) is 4.39 Å². The van der Waals surface area contributed by atoms with Gasteiger partial charge in [0.2, 0.25) is 5.91 Å². The van der Waals surface area contributed by atoms with Gasteiger partial charge in [-0.2, -0.15) is 0 Å². The van der Waals surface area contributed by atoms with Crippen molar-refractivity contribution >= 4 is 11.9 Å². The Labute approximate surface area is 123 Å². The van der Waals surface area contributed by atoms with E-state index in [1.165, 1.54) is 12.1 Å². The highest BCUT2D eigenvalue weighted by Crippen LogP contribution is 2.19. The van der Waals surface area contributed by atoms with Crippen molar-refractivity contribution in [3.8, 4) is 0 Å². The number of hydrogen-bond donors (Lipinski definition) is 0. The topological polar surface area (TPSA) is 46.6 Å². The SMILES string of the molecule is CCOC(=O)[C@H]1CCCN(C(=O)Cc2ccc(F)cc2)C1. The van der Waals surface area contributed by atoms with Gasteiger partial charge >= 0.3 is 5.97 Å². The van der Waals surface area contributed by atoms with Gasteiger partial charge < -0.3 is 9.64 Å². The van der Waals surface area contributed by atoms with Crippen molar-refractivity contribution in [1.29, 1.82) is 0 Å². The van der Waals surface area contributed by atoms with Crippen molar-refractivity contribution in [3.63, 3.8) is 0 Å². The minimum Gasteiger partial charge on any atom is -0.466 e. The van der Waals surface area contributed by atoms with Gasteiger partial charge in [0.25, 0.3) is 0 Å². The lowest BCUT2D eigenvalue weighted by atomic mass is 9.97. The molecule has 1 saturated heterocycles. The third-order valence-corrected chi connectivity index (χ3v) is 3.66. The fourth-order valence-corrected chi connectivity index (χ4v) is 2.54. The minimum absolute atomic E-state index is 0.0318. The van der Waals surface area contributed by atoms with Crippen LogP contribution in [-0.4, -0.2) is 36.5 Å². The van der Waals surface area contributed by atoms with Gasteiger partial charge in [-0.05, 0) is 37.5 Å². The maximum Gasteiger partial charge on any atom is 0.310 e. The number of carbonyl (C=O) groups excluding carboxylic acids is 2. The Kier molecular flexibility index (Phi) is 5.31. The van der Waals surface area contributed by atoms with Crippen molar-refractivity contribution in [3.05, 3.63) is 35.6 Å². The molecule has 4 nitrogen and oxygen atoms in total. The van der Waals surface area contributed by atoms with Crippen LogP contribution in [0.3, 0.4) is 0 Å². The van der Waals surface area contributed by atoms with Crippen LogP contribution in [0.1, 0.15) is 25.3 Å². The molecule has 5 heteroatoms. The van der Waals surface area contributed by atoms with Crippen LogP contribution in [0.25, 0.3) is 0 Å². The minimum atomic E-state index is -0.313. The lowest BCUT2D eigenvalue weighted by Gasteiger charge is -2.31. The van der Waals surface area contributed by atoms with Crippen molar-refractivity contribution in [2.45, 2.75) is 26.2 Å². The number of ether oxygens (including phenoxy) is 1. The first kappa shape index (κ1) is 15.5. The molecule has 2 rings (SSSR count). The Morgan fingerprint density at radius 1 is 1.33 bits per heavy atom. The molecule has 21 heavy (non-hydrogen) atoms. The number of nitrogens with zero attached hydrogens (tertiary/aromatic N) is 1. The number of esters is 1. The second-order valence-electron chi connectivity index (χ2n) is 5.23.